The maximum atomic E-state index is 13.8. The topological polar surface area (TPSA) is 43.8 Å². The molecule has 2 aromatic carbocycles. The van der Waals surface area contributed by atoms with Crippen molar-refractivity contribution in [3.63, 3.8) is 0 Å². The van der Waals surface area contributed by atoms with E-state index in [1.54, 1.807) is 18.2 Å². The van der Waals surface area contributed by atoms with Crippen LogP contribution >= 0.6 is 15.9 Å². The summed E-state index contributed by atoms with van der Waals surface area (Å²) >= 11 is 3.08. The minimum atomic E-state index is -0.454. The summed E-state index contributed by atoms with van der Waals surface area (Å²) in [5, 5.41) is 0. The summed E-state index contributed by atoms with van der Waals surface area (Å²) in [7, 11) is 0. The number of hydrogen-bond acceptors (Lipinski definition) is 2. The number of nitrogens with two attached hydrogens (primary N) is 1. The van der Waals surface area contributed by atoms with E-state index < -0.39 is 11.6 Å². The van der Waals surface area contributed by atoms with Gasteiger partial charge in [-0.1, -0.05) is 12.1 Å². The molecule has 96 valence electrons. The Balaban J connectivity index is 2.38. The molecule has 3 aromatic rings. The van der Waals surface area contributed by atoms with Gasteiger partial charge in [0, 0.05) is 6.07 Å². The van der Waals surface area contributed by atoms with Gasteiger partial charge < -0.3 is 5.73 Å². The molecule has 0 amide bonds. The summed E-state index contributed by atoms with van der Waals surface area (Å²) in [5.74, 6) is -0.792. The molecule has 2 N–H and O–H groups in total. The van der Waals surface area contributed by atoms with E-state index in [2.05, 4.69) is 20.9 Å². The Morgan fingerprint density at radius 1 is 1.11 bits per heavy atom. The molecule has 1 heterocycles. The predicted octanol–water partition coefficient (Wildman–Crippen LogP) is 3.65. The number of nitrogen functional groups attached to an aromatic ring is 1. The molecule has 0 saturated carbocycles. The van der Waals surface area contributed by atoms with Gasteiger partial charge in [0.25, 0.3) is 0 Å². The van der Waals surface area contributed by atoms with Crippen LogP contribution in [0.15, 0.2) is 40.9 Å². The van der Waals surface area contributed by atoms with Crippen LogP contribution in [0.5, 0.6) is 0 Å². The van der Waals surface area contributed by atoms with Gasteiger partial charge in [0.1, 0.15) is 11.6 Å². The molecule has 0 spiro atoms. The number of fused-ring (bicyclic) bond motifs is 1. The zero-order valence-corrected chi connectivity index (χ0v) is 11.2. The van der Waals surface area contributed by atoms with Gasteiger partial charge in [-0.25, -0.2) is 13.8 Å². The number of para-hydroxylation sites is 1. The third kappa shape index (κ3) is 1.88. The number of rotatable bonds is 1. The molecule has 1 aromatic heterocycles. The van der Waals surface area contributed by atoms with Crippen molar-refractivity contribution in [2.75, 3.05) is 5.73 Å². The Kier molecular flexibility index (Phi) is 2.74. The highest BCUT2D eigenvalue weighted by atomic mass is 79.9. The van der Waals surface area contributed by atoms with Crippen LogP contribution in [0.25, 0.3) is 16.7 Å². The lowest BCUT2D eigenvalue weighted by atomic mass is 10.2. The highest BCUT2D eigenvalue weighted by Gasteiger charge is 2.15. The summed E-state index contributed by atoms with van der Waals surface area (Å²) in [4.78, 5) is 4.11. The molecule has 19 heavy (non-hydrogen) atoms. The van der Waals surface area contributed by atoms with Crippen LogP contribution in [-0.4, -0.2) is 9.55 Å². The van der Waals surface area contributed by atoms with E-state index in [0.717, 1.165) is 0 Å². The van der Waals surface area contributed by atoms with Crippen molar-refractivity contribution in [2.24, 2.45) is 0 Å². The van der Waals surface area contributed by atoms with Gasteiger partial charge in [-0.3, -0.25) is 4.57 Å². The first kappa shape index (κ1) is 12.1. The SMILES string of the molecule is Nc1nc2cc(Br)c(F)cc2n1-c1ccccc1F. The lowest BCUT2D eigenvalue weighted by molar-refractivity contribution is 0.617. The number of benzene rings is 2. The van der Waals surface area contributed by atoms with Gasteiger partial charge in [0.15, 0.2) is 0 Å². The second-order valence-corrected chi connectivity index (χ2v) is 4.87. The van der Waals surface area contributed by atoms with E-state index in [-0.39, 0.29) is 16.1 Å². The van der Waals surface area contributed by atoms with Crippen LogP contribution in [0, 0.1) is 11.6 Å². The summed E-state index contributed by atoms with van der Waals surface area (Å²) in [5.41, 5.74) is 6.96. The number of anilines is 1. The molecule has 0 bridgehead atoms. The average Bonchev–Trinajstić information content (AvgIpc) is 2.66. The van der Waals surface area contributed by atoms with E-state index in [1.165, 1.54) is 22.8 Å². The zero-order valence-electron chi connectivity index (χ0n) is 9.57. The van der Waals surface area contributed by atoms with Crippen molar-refractivity contribution in [2.45, 2.75) is 0 Å². The Bertz CT molecular complexity index is 783. The molecule has 0 radical (unpaired) electrons. The molecule has 0 aliphatic rings. The van der Waals surface area contributed by atoms with Crippen LogP contribution < -0.4 is 5.73 Å². The predicted molar refractivity (Wildman–Crippen MR) is 73.1 cm³/mol. The summed E-state index contributed by atoms with van der Waals surface area (Å²) < 4.78 is 29.1. The maximum Gasteiger partial charge on any atom is 0.206 e. The van der Waals surface area contributed by atoms with E-state index in [4.69, 9.17) is 5.73 Å². The van der Waals surface area contributed by atoms with Crippen molar-refractivity contribution in [3.05, 3.63) is 52.5 Å². The number of hydrogen-bond donors (Lipinski definition) is 1. The Labute approximate surface area is 115 Å². The van der Waals surface area contributed by atoms with E-state index in [0.29, 0.717) is 11.0 Å². The first-order chi connectivity index (χ1) is 9.08. The van der Waals surface area contributed by atoms with Gasteiger partial charge >= 0.3 is 0 Å². The molecule has 6 heteroatoms. The molecule has 0 fully saturated rings. The Morgan fingerprint density at radius 3 is 2.58 bits per heavy atom. The smallest absolute Gasteiger partial charge is 0.206 e. The molecule has 3 rings (SSSR count). The monoisotopic (exact) mass is 323 g/mol. The number of imidazole rings is 1. The molecule has 0 aliphatic heterocycles. The van der Waals surface area contributed by atoms with Crippen LogP contribution in [0.4, 0.5) is 14.7 Å². The minimum Gasteiger partial charge on any atom is -0.369 e. The largest absolute Gasteiger partial charge is 0.369 e. The lowest BCUT2D eigenvalue weighted by Gasteiger charge is -2.07. The second-order valence-electron chi connectivity index (χ2n) is 4.01. The van der Waals surface area contributed by atoms with Crippen LogP contribution in [0.1, 0.15) is 0 Å². The third-order valence-electron chi connectivity index (χ3n) is 2.82. The van der Waals surface area contributed by atoms with E-state index in [9.17, 15) is 8.78 Å². The summed E-state index contributed by atoms with van der Waals surface area (Å²) in [6, 6.07) is 8.92. The second kappa shape index (κ2) is 4.31. The van der Waals surface area contributed by atoms with E-state index >= 15 is 0 Å². The summed E-state index contributed by atoms with van der Waals surface area (Å²) in [6.07, 6.45) is 0. The van der Waals surface area contributed by atoms with Crippen LogP contribution in [0.2, 0.25) is 0 Å². The number of nitrogens with zero attached hydrogens (tertiary/aromatic N) is 2. The standard InChI is InChI=1S/C13H8BrF2N3/c14-7-5-10-12(6-9(7)16)19(13(17)18-10)11-4-2-1-3-8(11)15/h1-6H,(H2,17,18). The van der Waals surface area contributed by atoms with Gasteiger partial charge in [0.2, 0.25) is 5.95 Å². The number of halogens is 3. The van der Waals surface area contributed by atoms with Crippen molar-refractivity contribution in [3.8, 4) is 5.69 Å². The first-order valence-electron chi connectivity index (χ1n) is 5.46. The lowest BCUT2D eigenvalue weighted by Crippen LogP contribution is -2.02. The molecular weight excluding hydrogens is 316 g/mol. The number of aromatic nitrogens is 2. The Morgan fingerprint density at radius 2 is 1.84 bits per heavy atom. The molecule has 0 saturated heterocycles. The van der Waals surface area contributed by atoms with Gasteiger partial charge in [-0.15, -0.1) is 0 Å². The van der Waals surface area contributed by atoms with Gasteiger partial charge in [-0.05, 0) is 34.1 Å². The first-order valence-corrected chi connectivity index (χ1v) is 6.25. The quantitative estimate of drug-likeness (QED) is 0.742. The summed E-state index contributed by atoms with van der Waals surface area (Å²) in [6.45, 7) is 0. The van der Waals surface area contributed by atoms with Crippen molar-refractivity contribution < 1.29 is 8.78 Å². The Hall–Kier alpha value is -1.95. The molecular formula is C13H8BrF2N3. The molecule has 0 aliphatic carbocycles. The van der Waals surface area contributed by atoms with Crippen LogP contribution in [-0.2, 0) is 0 Å². The fourth-order valence-corrected chi connectivity index (χ4v) is 2.31. The van der Waals surface area contributed by atoms with Gasteiger partial charge in [-0.2, -0.15) is 0 Å². The van der Waals surface area contributed by atoms with Crippen LogP contribution in [0.3, 0.4) is 0 Å². The highest BCUT2D eigenvalue weighted by Crippen LogP contribution is 2.28. The molecule has 3 nitrogen and oxygen atoms in total. The van der Waals surface area contributed by atoms with Gasteiger partial charge in [0.05, 0.1) is 21.2 Å². The maximum absolute atomic E-state index is 13.8. The minimum absolute atomic E-state index is 0.109. The van der Waals surface area contributed by atoms with Crippen molar-refractivity contribution >= 4 is 32.9 Å². The normalized spacial score (nSPS) is 11.1. The van der Waals surface area contributed by atoms with E-state index in [1.807, 2.05) is 0 Å². The zero-order chi connectivity index (χ0) is 13.6. The molecule has 0 unspecified atom stereocenters. The van der Waals surface area contributed by atoms with Crippen molar-refractivity contribution in [1.29, 1.82) is 0 Å². The fraction of sp³-hybridized carbons (Fsp3) is 0. The molecule has 0 atom stereocenters. The highest BCUT2D eigenvalue weighted by molar-refractivity contribution is 9.10. The van der Waals surface area contributed by atoms with Crippen molar-refractivity contribution in [1.82, 2.24) is 9.55 Å². The third-order valence-corrected chi connectivity index (χ3v) is 3.42. The average molecular weight is 324 g/mol. The fourth-order valence-electron chi connectivity index (χ4n) is 1.98.